The number of thiophene rings is 1. The molecule has 0 atom stereocenters. The van der Waals surface area contributed by atoms with Crippen LogP contribution in [-0.2, 0) is 5.41 Å². The lowest BCUT2D eigenvalue weighted by molar-refractivity contribution is 0.661. The van der Waals surface area contributed by atoms with E-state index in [4.69, 9.17) is 0 Å². The Morgan fingerprint density at radius 2 is 1.08 bits per heavy atom. The van der Waals surface area contributed by atoms with E-state index in [0.717, 1.165) is 0 Å². The van der Waals surface area contributed by atoms with Crippen molar-refractivity contribution in [3.05, 3.63) is 132 Å². The van der Waals surface area contributed by atoms with E-state index in [1.807, 2.05) is 0 Å². The Labute approximate surface area is 216 Å². The maximum atomic E-state index is 2.42. The Hall–Kier alpha value is -3.94. The molecule has 5 aromatic carbocycles. The summed E-state index contributed by atoms with van der Waals surface area (Å²) in [6, 6.07) is 42.7. The van der Waals surface area contributed by atoms with Gasteiger partial charge in [0.05, 0.1) is 0 Å². The van der Waals surface area contributed by atoms with Gasteiger partial charge in [0.15, 0.2) is 0 Å². The molecule has 1 aliphatic rings. The monoisotopic (exact) mass is 478 g/mol. The van der Waals surface area contributed by atoms with Crippen molar-refractivity contribution < 1.29 is 0 Å². The normalized spacial score (nSPS) is 13.5. The average Bonchev–Trinajstić information content (AvgIpc) is 3.54. The van der Waals surface area contributed by atoms with Crippen LogP contribution in [0.3, 0.4) is 0 Å². The molecule has 0 radical (unpaired) electrons. The molecule has 172 valence electrons. The van der Waals surface area contributed by atoms with Gasteiger partial charge in [0, 0.05) is 10.3 Å². The summed E-state index contributed by atoms with van der Waals surface area (Å²) in [7, 11) is 0. The molecule has 0 aliphatic heterocycles. The first kappa shape index (κ1) is 21.4. The van der Waals surface area contributed by atoms with Gasteiger partial charge in [0.1, 0.15) is 0 Å². The van der Waals surface area contributed by atoms with Crippen molar-refractivity contribution in [2.24, 2.45) is 0 Å². The highest BCUT2D eigenvalue weighted by Gasteiger charge is 2.35. The minimum absolute atomic E-state index is 0.0566. The van der Waals surface area contributed by atoms with Crippen molar-refractivity contribution in [3.8, 4) is 43.8 Å². The van der Waals surface area contributed by atoms with Gasteiger partial charge in [-0.1, -0.05) is 98.8 Å². The van der Waals surface area contributed by atoms with Crippen molar-refractivity contribution in [2.75, 3.05) is 0 Å². The molecule has 7 rings (SSSR count). The molecule has 1 heteroatoms. The lowest BCUT2D eigenvalue weighted by atomic mass is 9.80. The van der Waals surface area contributed by atoms with Gasteiger partial charge in [0.2, 0.25) is 0 Å². The molecule has 0 unspecified atom stereocenters. The molecule has 0 N–H and O–H groups in total. The van der Waals surface area contributed by atoms with E-state index < -0.39 is 0 Å². The number of hydrogen-bond acceptors (Lipinski definition) is 1. The minimum atomic E-state index is -0.0566. The third-order valence-electron chi connectivity index (χ3n) is 7.76. The molecule has 1 aromatic heterocycles. The Morgan fingerprint density at radius 3 is 1.78 bits per heavy atom. The van der Waals surface area contributed by atoms with Crippen molar-refractivity contribution in [1.82, 2.24) is 0 Å². The van der Waals surface area contributed by atoms with E-state index in [9.17, 15) is 0 Å². The smallest absolute Gasteiger partial charge is 0.0342 e. The number of rotatable bonds is 3. The Morgan fingerprint density at radius 1 is 0.472 bits per heavy atom. The van der Waals surface area contributed by atoms with Gasteiger partial charge in [-0.25, -0.2) is 0 Å². The van der Waals surface area contributed by atoms with Crippen LogP contribution in [-0.4, -0.2) is 0 Å². The molecule has 6 aromatic rings. The molecule has 0 amide bonds. The molecule has 36 heavy (non-hydrogen) atoms. The topological polar surface area (TPSA) is 0 Å². The quantitative estimate of drug-likeness (QED) is 0.237. The van der Waals surface area contributed by atoms with Crippen molar-refractivity contribution in [3.63, 3.8) is 0 Å². The molecule has 1 heterocycles. The molecule has 0 saturated carbocycles. The fourth-order valence-electron chi connectivity index (χ4n) is 5.76. The lowest BCUT2D eigenvalue weighted by Gasteiger charge is -2.22. The van der Waals surface area contributed by atoms with Gasteiger partial charge in [-0.05, 0) is 96.6 Å². The van der Waals surface area contributed by atoms with E-state index in [0.29, 0.717) is 0 Å². The summed E-state index contributed by atoms with van der Waals surface area (Å²) < 4.78 is 0. The zero-order valence-electron chi connectivity index (χ0n) is 20.5. The van der Waals surface area contributed by atoms with Gasteiger partial charge in [-0.3, -0.25) is 0 Å². The molecule has 0 spiro atoms. The first-order valence-corrected chi connectivity index (χ1v) is 13.4. The highest BCUT2D eigenvalue weighted by molar-refractivity contribution is 7.13. The summed E-state index contributed by atoms with van der Waals surface area (Å²) in [6.45, 7) is 4.74. The predicted octanol–water partition coefficient (Wildman–Crippen LogP) is 10.2. The third-order valence-corrected chi connectivity index (χ3v) is 8.68. The van der Waals surface area contributed by atoms with Gasteiger partial charge in [0.25, 0.3) is 0 Å². The highest BCUT2D eigenvalue weighted by Crippen LogP contribution is 2.50. The van der Waals surface area contributed by atoms with Crippen LogP contribution >= 0.6 is 11.3 Å². The van der Waals surface area contributed by atoms with Crippen LogP contribution in [0.1, 0.15) is 25.0 Å². The summed E-state index contributed by atoms with van der Waals surface area (Å²) in [6.07, 6.45) is 0. The van der Waals surface area contributed by atoms with Gasteiger partial charge in [-0.15, -0.1) is 11.3 Å². The third kappa shape index (κ3) is 3.35. The molecular weight excluding hydrogens is 452 g/mol. The molecule has 1 aliphatic carbocycles. The Balaban J connectivity index is 1.30. The van der Waals surface area contributed by atoms with Crippen LogP contribution in [0.4, 0.5) is 0 Å². The number of hydrogen-bond donors (Lipinski definition) is 0. The summed E-state index contributed by atoms with van der Waals surface area (Å²) in [5.74, 6) is 0. The highest BCUT2D eigenvalue weighted by atomic mass is 32.1. The predicted molar refractivity (Wildman–Crippen MR) is 156 cm³/mol. The standard InChI is InChI=1S/C35H26S/c1-35(2)32-21-27(25-9-5-10-29(20-25)34-11-6-18-36-34)14-16-30(32)31-17-15-28(22-33(31)35)26-13-12-23-7-3-4-8-24(23)19-26/h3-22H,1-2H3. The summed E-state index contributed by atoms with van der Waals surface area (Å²) >= 11 is 1.79. The van der Waals surface area contributed by atoms with E-state index >= 15 is 0 Å². The largest absolute Gasteiger partial charge is 0.144 e. The summed E-state index contributed by atoms with van der Waals surface area (Å²) in [5.41, 5.74) is 11.9. The summed E-state index contributed by atoms with van der Waals surface area (Å²) in [4.78, 5) is 1.31. The lowest BCUT2D eigenvalue weighted by Crippen LogP contribution is -2.15. The van der Waals surface area contributed by atoms with Crippen LogP contribution in [0, 0.1) is 0 Å². The second kappa shape index (κ2) is 8.05. The summed E-state index contributed by atoms with van der Waals surface area (Å²) in [5, 5.41) is 4.71. The fourth-order valence-corrected chi connectivity index (χ4v) is 6.48. The zero-order valence-corrected chi connectivity index (χ0v) is 21.3. The van der Waals surface area contributed by atoms with Crippen LogP contribution in [0.25, 0.3) is 54.6 Å². The van der Waals surface area contributed by atoms with Gasteiger partial charge >= 0.3 is 0 Å². The van der Waals surface area contributed by atoms with E-state index in [1.165, 1.54) is 65.7 Å². The maximum absolute atomic E-state index is 2.42. The van der Waals surface area contributed by atoms with Crippen molar-refractivity contribution in [1.29, 1.82) is 0 Å². The van der Waals surface area contributed by atoms with Gasteiger partial charge in [-0.2, -0.15) is 0 Å². The van der Waals surface area contributed by atoms with E-state index in [2.05, 4.69) is 134 Å². The zero-order chi connectivity index (χ0) is 24.3. The second-order valence-corrected chi connectivity index (χ2v) is 11.2. The first-order valence-electron chi connectivity index (χ1n) is 12.5. The van der Waals surface area contributed by atoms with Crippen LogP contribution in [0.15, 0.2) is 121 Å². The molecular formula is C35H26S. The van der Waals surface area contributed by atoms with E-state index in [-0.39, 0.29) is 5.41 Å². The van der Waals surface area contributed by atoms with Crippen LogP contribution < -0.4 is 0 Å². The second-order valence-electron chi connectivity index (χ2n) is 10.3. The van der Waals surface area contributed by atoms with Crippen LogP contribution in [0.2, 0.25) is 0 Å². The Kier molecular flexibility index (Phi) is 4.77. The first-order chi connectivity index (χ1) is 17.6. The van der Waals surface area contributed by atoms with Crippen LogP contribution in [0.5, 0.6) is 0 Å². The molecule has 0 nitrogen and oxygen atoms in total. The fraction of sp³-hybridized carbons (Fsp3) is 0.0857. The van der Waals surface area contributed by atoms with Crippen molar-refractivity contribution >= 4 is 22.1 Å². The Bertz CT molecular complexity index is 1750. The van der Waals surface area contributed by atoms with Crippen molar-refractivity contribution in [2.45, 2.75) is 19.3 Å². The average molecular weight is 479 g/mol. The SMILES string of the molecule is CC1(C)c2cc(-c3cccc(-c4cccs4)c3)ccc2-c2ccc(-c3ccc4ccccc4c3)cc21. The number of benzene rings is 5. The maximum Gasteiger partial charge on any atom is 0.0342 e. The van der Waals surface area contributed by atoms with Gasteiger partial charge < -0.3 is 0 Å². The minimum Gasteiger partial charge on any atom is -0.144 e. The molecule has 0 fully saturated rings. The molecule has 0 bridgehead atoms. The number of fused-ring (bicyclic) bond motifs is 4. The van der Waals surface area contributed by atoms with E-state index in [1.54, 1.807) is 11.3 Å². The molecule has 0 saturated heterocycles.